The first-order valence-corrected chi connectivity index (χ1v) is 21.1. The van der Waals surface area contributed by atoms with Crippen LogP contribution in [0.5, 0.6) is 0 Å². The summed E-state index contributed by atoms with van der Waals surface area (Å²) in [6.07, 6.45) is 0. The highest BCUT2D eigenvalue weighted by atomic mass is 15.2. The molecule has 0 spiro atoms. The van der Waals surface area contributed by atoms with E-state index < -0.39 is 0 Å². The van der Waals surface area contributed by atoms with Crippen LogP contribution >= 0.6 is 0 Å². The second-order valence-corrected chi connectivity index (χ2v) is 17.3. The van der Waals surface area contributed by atoms with Crippen molar-refractivity contribution in [2.75, 3.05) is 9.80 Å². The molecule has 2 nitrogen and oxygen atoms in total. The Hall–Kier alpha value is -7.16. The van der Waals surface area contributed by atoms with Crippen LogP contribution in [0.25, 0.3) is 44.2 Å². The van der Waals surface area contributed by atoms with Crippen LogP contribution in [0.3, 0.4) is 0 Å². The van der Waals surface area contributed by atoms with Crippen LogP contribution in [0, 0.1) is 0 Å². The Balaban J connectivity index is 1.23. The Bertz CT molecular complexity index is 3100. The first-order valence-electron chi connectivity index (χ1n) is 21.1. The Kier molecular flexibility index (Phi) is 8.22. The largest absolute Gasteiger partial charge is 0.308 e. The number of hydrogen-bond acceptors (Lipinski definition) is 2. The number of benzene rings is 9. The molecule has 2 aliphatic rings. The van der Waals surface area contributed by atoms with E-state index in [1.807, 2.05) is 0 Å². The van der Waals surface area contributed by atoms with E-state index in [1.165, 1.54) is 77.8 Å². The Labute approximate surface area is 353 Å². The van der Waals surface area contributed by atoms with Gasteiger partial charge in [-0.1, -0.05) is 191 Å². The molecule has 0 fully saturated rings. The van der Waals surface area contributed by atoms with Gasteiger partial charge in [0.2, 0.25) is 0 Å². The predicted molar refractivity (Wildman–Crippen MR) is 254 cm³/mol. The van der Waals surface area contributed by atoms with E-state index >= 15 is 0 Å². The van der Waals surface area contributed by atoms with Crippen LogP contribution in [0.15, 0.2) is 206 Å². The van der Waals surface area contributed by atoms with Gasteiger partial charge in [0.1, 0.15) is 0 Å². The highest BCUT2D eigenvalue weighted by Crippen LogP contribution is 2.58. The van der Waals surface area contributed by atoms with Crippen molar-refractivity contribution in [2.45, 2.75) is 38.5 Å². The molecule has 1 heterocycles. The highest BCUT2D eigenvalue weighted by molar-refractivity contribution is 6.09. The molecule has 0 saturated heterocycles. The van der Waals surface area contributed by atoms with Gasteiger partial charge in [-0.05, 0) is 97.9 Å². The SMILES string of the molecule is CC1(C)c2ccccc2-c2ccc(N(c3ccccc3-c3ccccc3)c3ccc4ccccc4c3N3c4ccccc4C(C)(C)c4cc(-c5ccccc5)ccc43)cc21. The Morgan fingerprint density at radius 2 is 0.967 bits per heavy atom. The third-order valence-electron chi connectivity index (χ3n) is 13.2. The third-order valence-corrected chi connectivity index (χ3v) is 13.2. The predicted octanol–water partition coefficient (Wildman–Crippen LogP) is 16.1. The quantitative estimate of drug-likeness (QED) is 0.166. The number of rotatable bonds is 6. The highest BCUT2D eigenvalue weighted by Gasteiger charge is 2.40. The zero-order chi connectivity index (χ0) is 40.6. The summed E-state index contributed by atoms with van der Waals surface area (Å²) in [6.45, 7) is 9.51. The molecule has 60 heavy (non-hydrogen) atoms. The summed E-state index contributed by atoms with van der Waals surface area (Å²) in [5.41, 5.74) is 19.2. The maximum atomic E-state index is 2.56. The average molecular weight is 771 g/mol. The molecule has 9 aromatic carbocycles. The number of fused-ring (bicyclic) bond motifs is 6. The molecule has 0 aromatic heterocycles. The van der Waals surface area contributed by atoms with Crippen molar-refractivity contribution in [1.29, 1.82) is 0 Å². The summed E-state index contributed by atoms with van der Waals surface area (Å²) >= 11 is 0. The molecule has 2 heteroatoms. The van der Waals surface area contributed by atoms with Crippen LogP contribution < -0.4 is 9.80 Å². The van der Waals surface area contributed by atoms with Crippen LogP contribution in [0.1, 0.15) is 49.9 Å². The summed E-state index contributed by atoms with van der Waals surface area (Å²) in [4.78, 5) is 5.09. The minimum atomic E-state index is -0.252. The molecule has 0 bridgehead atoms. The van der Waals surface area contributed by atoms with Crippen molar-refractivity contribution in [2.24, 2.45) is 0 Å². The van der Waals surface area contributed by atoms with Crippen LogP contribution in [-0.2, 0) is 10.8 Å². The van der Waals surface area contributed by atoms with Gasteiger partial charge in [0, 0.05) is 27.5 Å². The molecule has 0 radical (unpaired) electrons. The molecule has 0 atom stereocenters. The fraction of sp³-hybridized carbons (Fsp3) is 0.103. The summed E-state index contributed by atoms with van der Waals surface area (Å²) < 4.78 is 0. The number of para-hydroxylation sites is 2. The van der Waals surface area contributed by atoms with E-state index in [4.69, 9.17) is 0 Å². The van der Waals surface area contributed by atoms with Gasteiger partial charge in [0.15, 0.2) is 0 Å². The molecule has 1 aliphatic carbocycles. The molecular formula is C58H46N2. The first kappa shape index (κ1) is 36.0. The number of anilines is 6. The molecule has 11 rings (SSSR count). The second-order valence-electron chi connectivity index (χ2n) is 17.3. The van der Waals surface area contributed by atoms with Crippen molar-refractivity contribution < 1.29 is 0 Å². The molecule has 0 unspecified atom stereocenters. The molecular weight excluding hydrogens is 725 g/mol. The third kappa shape index (κ3) is 5.48. The average Bonchev–Trinajstić information content (AvgIpc) is 3.53. The lowest BCUT2D eigenvalue weighted by Gasteiger charge is -2.44. The molecule has 9 aromatic rings. The van der Waals surface area contributed by atoms with E-state index in [-0.39, 0.29) is 10.8 Å². The van der Waals surface area contributed by atoms with Crippen LogP contribution in [0.4, 0.5) is 34.1 Å². The van der Waals surface area contributed by atoms with Crippen molar-refractivity contribution in [3.63, 3.8) is 0 Å². The molecule has 0 N–H and O–H groups in total. The van der Waals surface area contributed by atoms with Gasteiger partial charge in [0.05, 0.1) is 28.4 Å². The minimum absolute atomic E-state index is 0.161. The topological polar surface area (TPSA) is 6.48 Å². The molecule has 1 aliphatic heterocycles. The first-order chi connectivity index (χ1) is 29.3. The number of hydrogen-bond donors (Lipinski definition) is 0. The van der Waals surface area contributed by atoms with Gasteiger partial charge in [-0.2, -0.15) is 0 Å². The van der Waals surface area contributed by atoms with Crippen LogP contribution in [-0.4, -0.2) is 0 Å². The van der Waals surface area contributed by atoms with E-state index in [1.54, 1.807) is 0 Å². The van der Waals surface area contributed by atoms with E-state index in [0.29, 0.717) is 0 Å². The lowest BCUT2D eigenvalue weighted by Crippen LogP contribution is -2.31. The molecule has 0 saturated carbocycles. The van der Waals surface area contributed by atoms with Crippen molar-refractivity contribution in [1.82, 2.24) is 0 Å². The lowest BCUT2D eigenvalue weighted by molar-refractivity contribution is 0.632. The molecule has 288 valence electrons. The van der Waals surface area contributed by atoms with Crippen LogP contribution in [0.2, 0.25) is 0 Å². The fourth-order valence-electron chi connectivity index (χ4n) is 10.2. The second kappa shape index (κ2) is 13.7. The molecule has 0 amide bonds. The Morgan fingerprint density at radius 3 is 1.77 bits per heavy atom. The normalized spacial score (nSPS) is 14.2. The van der Waals surface area contributed by atoms with Crippen molar-refractivity contribution >= 4 is 44.9 Å². The van der Waals surface area contributed by atoms with Gasteiger partial charge in [-0.25, -0.2) is 0 Å². The van der Waals surface area contributed by atoms with Gasteiger partial charge in [-0.15, -0.1) is 0 Å². The summed E-state index contributed by atoms with van der Waals surface area (Å²) in [5.74, 6) is 0. The van der Waals surface area contributed by atoms with Gasteiger partial charge >= 0.3 is 0 Å². The smallest absolute Gasteiger partial charge is 0.0781 e. The lowest BCUT2D eigenvalue weighted by atomic mass is 9.72. The van der Waals surface area contributed by atoms with E-state index in [9.17, 15) is 0 Å². The summed E-state index contributed by atoms with van der Waals surface area (Å²) in [5, 5.41) is 2.39. The zero-order valence-electron chi connectivity index (χ0n) is 34.5. The Morgan fingerprint density at radius 1 is 0.367 bits per heavy atom. The van der Waals surface area contributed by atoms with E-state index in [0.717, 1.165) is 22.7 Å². The maximum Gasteiger partial charge on any atom is 0.0781 e. The zero-order valence-corrected chi connectivity index (χ0v) is 34.5. The van der Waals surface area contributed by atoms with Gasteiger partial charge in [-0.3, -0.25) is 0 Å². The van der Waals surface area contributed by atoms with Crippen molar-refractivity contribution in [3.05, 3.63) is 229 Å². The standard InChI is InChI=1S/C58H46N2/c1-57(2)48-27-15-13-26-46(48)47-34-33-43(38-50(47)57)59(52-29-17-14-24-44(52)40-21-9-6-10-22-40)55-36-31-41-23-11-12-25-45(41)56(55)60-53-30-18-16-28-49(53)58(3,4)51-37-42(32-35-54(51)60)39-19-7-5-8-20-39/h5-38H,1-4H3. The minimum Gasteiger partial charge on any atom is -0.308 e. The monoisotopic (exact) mass is 770 g/mol. The number of nitrogens with zero attached hydrogens (tertiary/aromatic N) is 2. The van der Waals surface area contributed by atoms with Gasteiger partial charge in [0.25, 0.3) is 0 Å². The van der Waals surface area contributed by atoms with E-state index in [2.05, 4.69) is 244 Å². The summed E-state index contributed by atoms with van der Waals surface area (Å²) in [7, 11) is 0. The summed E-state index contributed by atoms with van der Waals surface area (Å²) in [6, 6.07) is 76.3. The van der Waals surface area contributed by atoms with Crippen molar-refractivity contribution in [3.8, 4) is 33.4 Å². The maximum absolute atomic E-state index is 2.56. The van der Waals surface area contributed by atoms with Gasteiger partial charge < -0.3 is 9.80 Å². The fourth-order valence-corrected chi connectivity index (χ4v) is 10.2.